The Hall–Kier alpha value is -0.913. The third kappa shape index (κ3) is 10.3. The molecule has 1 rings (SSSR count). The smallest absolute Gasteiger partial charge is 0.420 e. The highest BCUT2D eigenvalue weighted by molar-refractivity contribution is 7.64. The second-order valence-electron chi connectivity index (χ2n) is 5.90. The van der Waals surface area contributed by atoms with Crippen LogP contribution in [0.4, 0.5) is 0 Å². The molecule has 0 heterocycles. The van der Waals surface area contributed by atoms with Crippen LogP contribution in [-0.2, 0) is 18.8 Å². The molecular weight excluding hydrogens is 367 g/mol. The summed E-state index contributed by atoms with van der Waals surface area (Å²) in [5, 5.41) is 0. The van der Waals surface area contributed by atoms with Gasteiger partial charge in [-0.3, -0.25) is 0 Å². The molecule has 0 aliphatic carbocycles. The largest absolute Gasteiger partial charge is 0.424 e. The SMILES string of the molecule is CCOOCC.CCO[SiH2]CCC[P+](=O)C(=O)c1c(C)cc(C)cc1C. The molecule has 0 aliphatic rings. The van der Waals surface area contributed by atoms with E-state index in [-0.39, 0.29) is 5.52 Å². The molecule has 0 bridgehead atoms. The van der Waals surface area contributed by atoms with Gasteiger partial charge < -0.3 is 4.43 Å². The van der Waals surface area contributed by atoms with Crippen molar-refractivity contribution in [3.8, 4) is 0 Å². The van der Waals surface area contributed by atoms with Gasteiger partial charge in [0.1, 0.15) is 0 Å². The Morgan fingerprint density at radius 3 is 2.00 bits per heavy atom. The minimum atomic E-state index is -1.80. The Balaban J connectivity index is 0.000000896. The Bertz CT molecular complexity index is 536. The normalized spacial score (nSPS) is 11.4. The lowest BCUT2D eigenvalue weighted by Gasteiger charge is -2.05. The highest BCUT2D eigenvalue weighted by atomic mass is 31.1. The third-order valence-corrected chi connectivity index (χ3v) is 6.43. The Labute approximate surface area is 161 Å². The first-order valence-corrected chi connectivity index (χ1v) is 12.3. The fraction of sp³-hybridized carbons (Fsp3) is 0.632. The molecule has 0 radical (unpaired) electrons. The highest BCUT2D eigenvalue weighted by Crippen LogP contribution is 2.31. The van der Waals surface area contributed by atoms with Gasteiger partial charge in [0.15, 0.2) is 15.9 Å². The minimum Gasteiger partial charge on any atom is -0.424 e. The number of hydrogen-bond acceptors (Lipinski definition) is 5. The molecule has 26 heavy (non-hydrogen) atoms. The van der Waals surface area contributed by atoms with Crippen LogP contribution in [0.3, 0.4) is 0 Å². The molecule has 1 aromatic carbocycles. The van der Waals surface area contributed by atoms with Crippen molar-refractivity contribution >= 4 is 23.1 Å². The van der Waals surface area contributed by atoms with Crippen LogP contribution in [-0.4, -0.2) is 41.3 Å². The molecule has 0 aromatic heterocycles. The maximum atomic E-state index is 12.3. The Kier molecular flexibility index (Phi) is 14.6. The summed E-state index contributed by atoms with van der Waals surface area (Å²) in [5.41, 5.74) is 3.46. The third-order valence-electron chi connectivity index (χ3n) is 3.54. The molecule has 1 unspecified atom stereocenters. The van der Waals surface area contributed by atoms with Crippen LogP contribution < -0.4 is 0 Å². The van der Waals surface area contributed by atoms with E-state index in [4.69, 9.17) is 4.43 Å². The van der Waals surface area contributed by atoms with Crippen molar-refractivity contribution in [2.24, 2.45) is 0 Å². The average Bonchev–Trinajstić information content (AvgIpc) is 2.59. The monoisotopic (exact) mass is 401 g/mol. The first-order chi connectivity index (χ1) is 12.4. The minimum absolute atomic E-state index is 0.187. The van der Waals surface area contributed by atoms with Crippen LogP contribution in [0.2, 0.25) is 6.04 Å². The Morgan fingerprint density at radius 1 is 1.00 bits per heavy atom. The number of aryl methyl sites for hydroxylation is 3. The van der Waals surface area contributed by atoms with Gasteiger partial charge in [-0.2, -0.15) is 0 Å². The van der Waals surface area contributed by atoms with Gasteiger partial charge in [-0.15, -0.1) is 0 Å². The van der Waals surface area contributed by atoms with E-state index in [1.165, 1.54) is 0 Å². The van der Waals surface area contributed by atoms with Gasteiger partial charge in [0, 0.05) is 6.61 Å². The van der Waals surface area contributed by atoms with Crippen LogP contribution in [0, 0.1) is 20.8 Å². The molecule has 0 aliphatic heterocycles. The molecule has 0 N–H and O–H groups in total. The van der Waals surface area contributed by atoms with E-state index >= 15 is 0 Å². The second kappa shape index (κ2) is 15.2. The van der Waals surface area contributed by atoms with Gasteiger partial charge in [0.05, 0.1) is 18.8 Å². The van der Waals surface area contributed by atoms with Crippen LogP contribution in [0.15, 0.2) is 12.1 Å². The lowest BCUT2D eigenvalue weighted by molar-refractivity contribution is -0.287. The van der Waals surface area contributed by atoms with E-state index in [0.29, 0.717) is 24.9 Å². The van der Waals surface area contributed by atoms with Crippen molar-refractivity contribution in [2.75, 3.05) is 26.0 Å². The van der Waals surface area contributed by atoms with Gasteiger partial charge in [0.2, 0.25) is 0 Å². The topological polar surface area (TPSA) is 61.8 Å². The molecule has 148 valence electrons. The van der Waals surface area contributed by atoms with Crippen LogP contribution in [0.5, 0.6) is 0 Å². The molecule has 5 nitrogen and oxygen atoms in total. The van der Waals surface area contributed by atoms with Gasteiger partial charge in [-0.25, -0.2) is 14.6 Å². The van der Waals surface area contributed by atoms with Gasteiger partial charge >= 0.3 is 13.3 Å². The zero-order chi connectivity index (χ0) is 19.9. The van der Waals surface area contributed by atoms with Crippen molar-refractivity contribution in [1.82, 2.24) is 0 Å². The summed E-state index contributed by atoms with van der Waals surface area (Å²) in [6.45, 7) is 13.6. The standard InChI is InChI=1S/C15H24O3PSi.C4H10O2/c1-5-18-20-8-6-7-19(17)15(16)14-12(3)9-11(2)10-13(14)4;1-3-5-6-4-2/h9-10H,5-8,20H2,1-4H3;3-4H2,1-2H3/q+1;. The zero-order valence-electron chi connectivity index (χ0n) is 17.1. The van der Waals surface area contributed by atoms with Crippen molar-refractivity contribution in [3.63, 3.8) is 0 Å². The summed E-state index contributed by atoms with van der Waals surface area (Å²) < 4.78 is 17.5. The molecule has 0 amide bonds. The van der Waals surface area contributed by atoms with Gasteiger partial charge in [-0.1, -0.05) is 22.3 Å². The fourth-order valence-corrected chi connectivity index (χ4v) is 5.20. The summed E-state index contributed by atoms with van der Waals surface area (Å²) in [5.74, 6) is 0. The van der Waals surface area contributed by atoms with Crippen molar-refractivity contribution < 1.29 is 23.6 Å². The quantitative estimate of drug-likeness (QED) is 0.180. The highest BCUT2D eigenvalue weighted by Gasteiger charge is 2.31. The number of rotatable bonds is 11. The van der Waals surface area contributed by atoms with E-state index in [9.17, 15) is 9.36 Å². The Morgan fingerprint density at radius 2 is 1.54 bits per heavy atom. The maximum absolute atomic E-state index is 12.3. The molecular formula is C19H34O5PSi+. The van der Waals surface area contributed by atoms with Crippen LogP contribution in [0.25, 0.3) is 0 Å². The molecule has 0 saturated carbocycles. The number of carbonyl (C=O) groups is 1. The molecule has 0 spiro atoms. The maximum Gasteiger partial charge on any atom is 0.420 e. The molecule has 0 saturated heterocycles. The van der Waals surface area contributed by atoms with E-state index in [1.807, 2.05) is 53.7 Å². The lowest BCUT2D eigenvalue weighted by atomic mass is 10.0. The number of hydrogen-bond donors (Lipinski definition) is 0. The predicted molar refractivity (Wildman–Crippen MR) is 110 cm³/mol. The summed E-state index contributed by atoms with van der Waals surface area (Å²) >= 11 is 0. The lowest BCUT2D eigenvalue weighted by Crippen LogP contribution is -2.03. The number of benzene rings is 1. The van der Waals surface area contributed by atoms with E-state index in [2.05, 4.69) is 9.78 Å². The van der Waals surface area contributed by atoms with Gasteiger partial charge in [0.25, 0.3) is 0 Å². The van der Waals surface area contributed by atoms with E-state index < -0.39 is 17.6 Å². The fourth-order valence-electron chi connectivity index (χ4n) is 2.51. The molecule has 7 heteroatoms. The molecule has 1 aromatic rings. The summed E-state index contributed by atoms with van der Waals surface area (Å²) in [6, 6.07) is 4.95. The first kappa shape index (κ1) is 25.1. The first-order valence-electron chi connectivity index (χ1n) is 9.27. The van der Waals surface area contributed by atoms with Crippen LogP contribution >= 0.6 is 7.80 Å². The van der Waals surface area contributed by atoms with Crippen LogP contribution in [0.1, 0.15) is 54.2 Å². The zero-order valence-corrected chi connectivity index (χ0v) is 19.4. The van der Waals surface area contributed by atoms with Crippen molar-refractivity contribution in [2.45, 2.75) is 54.0 Å². The second-order valence-corrected chi connectivity index (χ2v) is 9.03. The van der Waals surface area contributed by atoms with E-state index in [1.54, 1.807) is 0 Å². The summed E-state index contributed by atoms with van der Waals surface area (Å²) in [7, 11) is -2.28. The summed E-state index contributed by atoms with van der Waals surface area (Å²) in [6.07, 6.45) is 1.32. The summed E-state index contributed by atoms with van der Waals surface area (Å²) in [4.78, 5) is 21.3. The predicted octanol–water partition coefficient (Wildman–Crippen LogP) is 4.48. The molecule has 1 atom stereocenters. The van der Waals surface area contributed by atoms with Crippen molar-refractivity contribution in [3.05, 3.63) is 34.4 Å². The molecule has 0 fully saturated rings. The number of carbonyl (C=O) groups excluding carboxylic acids is 1. The van der Waals surface area contributed by atoms with Crippen molar-refractivity contribution in [1.29, 1.82) is 0 Å². The average molecular weight is 402 g/mol. The van der Waals surface area contributed by atoms with Gasteiger partial charge in [-0.05, 0) is 65.1 Å². The van der Waals surface area contributed by atoms with E-state index in [0.717, 1.165) is 35.8 Å².